The predicted molar refractivity (Wildman–Crippen MR) is 143 cm³/mol. The van der Waals surface area contributed by atoms with Gasteiger partial charge in [-0.3, -0.25) is 9.59 Å². The minimum atomic E-state index is -3.76. The van der Waals surface area contributed by atoms with Gasteiger partial charge in [-0.2, -0.15) is 4.31 Å². The van der Waals surface area contributed by atoms with Crippen LogP contribution in [0.3, 0.4) is 0 Å². The van der Waals surface area contributed by atoms with Crippen molar-refractivity contribution < 1.29 is 13.2 Å². The first-order valence-electron chi connectivity index (χ1n) is 12.6. The van der Waals surface area contributed by atoms with Crippen LogP contribution in [0, 0.1) is 0 Å². The molecule has 1 saturated carbocycles. The number of rotatable bonds is 8. The third kappa shape index (κ3) is 5.55. The van der Waals surface area contributed by atoms with Gasteiger partial charge >= 0.3 is 0 Å². The normalized spacial score (nSPS) is 15.8. The van der Waals surface area contributed by atoms with Gasteiger partial charge in [-0.25, -0.2) is 8.42 Å². The molecule has 1 aliphatic rings. The smallest absolute Gasteiger partial charge is 0.256 e. The maximum Gasteiger partial charge on any atom is 0.256 e. The molecule has 192 valence electrons. The van der Waals surface area contributed by atoms with Gasteiger partial charge in [0.2, 0.25) is 15.5 Å². The SMILES string of the molecule is CC(CCc1ccccc1)NC(=O)c1cn(C)c2ccc(S(=O)(=O)N(C)C3CCCCC3)cc2c1=O. The minimum absolute atomic E-state index is 0.00624. The van der Waals surface area contributed by atoms with Gasteiger partial charge in [0.15, 0.2) is 0 Å². The molecule has 8 heteroatoms. The lowest BCUT2D eigenvalue weighted by Gasteiger charge is -2.30. The molecule has 0 saturated heterocycles. The first-order valence-corrected chi connectivity index (χ1v) is 14.1. The molecule has 4 rings (SSSR count). The first-order chi connectivity index (χ1) is 17.2. The van der Waals surface area contributed by atoms with Gasteiger partial charge in [-0.1, -0.05) is 49.6 Å². The van der Waals surface area contributed by atoms with Crippen LogP contribution in [-0.2, 0) is 23.5 Å². The topological polar surface area (TPSA) is 88.5 Å². The second-order valence-electron chi connectivity index (χ2n) is 9.87. The average Bonchev–Trinajstić information content (AvgIpc) is 2.89. The average molecular weight is 510 g/mol. The van der Waals surface area contributed by atoms with E-state index in [1.54, 1.807) is 30.8 Å². The molecule has 1 N–H and O–H groups in total. The van der Waals surface area contributed by atoms with E-state index in [1.807, 2.05) is 37.3 Å². The first kappa shape index (κ1) is 26.1. The summed E-state index contributed by atoms with van der Waals surface area (Å²) in [7, 11) is -0.392. The molecule has 0 radical (unpaired) electrons. The summed E-state index contributed by atoms with van der Waals surface area (Å²) in [5, 5.41) is 3.15. The van der Waals surface area contributed by atoms with Crippen molar-refractivity contribution in [2.75, 3.05) is 7.05 Å². The highest BCUT2D eigenvalue weighted by Gasteiger charge is 2.29. The number of carbonyl (C=O) groups is 1. The van der Waals surface area contributed by atoms with Crippen molar-refractivity contribution in [1.29, 1.82) is 0 Å². The number of hydrogen-bond acceptors (Lipinski definition) is 4. The zero-order valence-electron chi connectivity index (χ0n) is 21.2. The fourth-order valence-electron chi connectivity index (χ4n) is 5.00. The molecule has 1 unspecified atom stereocenters. The maximum absolute atomic E-state index is 13.4. The molecule has 1 atom stereocenters. The van der Waals surface area contributed by atoms with Crippen molar-refractivity contribution in [2.45, 2.75) is 68.8 Å². The highest BCUT2D eigenvalue weighted by Crippen LogP contribution is 2.27. The molecule has 1 fully saturated rings. The molecule has 2 aromatic carbocycles. The minimum Gasteiger partial charge on any atom is -0.350 e. The largest absolute Gasteiger partial charge is 0.350 e. The fourth-order valence-corrected chi connectivity index (χ4v) is 6.45. The van der Waals surface area contributed by atoms with E-state index in [-0.39, 0.29) is 27.9 Å². The maximum atomic E-state index is 13.4. The Morgan fingerprint density at radius 1 is 1.11 bits per heavy atom. The Hall–Kier alpha value is -2.97. The zero-order chi connectivity index (χ0) is 25.9. The number of nitrogens with one attached hydrogen (secondary N) is 1. The summed E-state index contributed by atoms with van der Waals surface area (Å²) in [6.07, 6.45) is 7.93. The molecular formula is C28H35N3O4S. The van der Waals surface area contributed by atoms with Gasteiger partial charge in [0.1, 0.15) is 5.56 Å². The molecule has 1 aromatic heterocycles. The van der Waals surface area contributed by atoms with Crippen LogP contribution in [0.2, 0.25) is 0 Å². The summed E-state index contributed by atoms with van der Waals surface area (Å²) in [5.41, 5.74) is 1.31. The highest BCUT2D eigenvalue weighted by atomic mass is 32.2. The molecule has 1 amide bonds. The zero-order valence-corrected chi connectivity index (χ0v) is 22.1. The quantitative estimate of drug-likeness (QED) is 0.492. The lowest BCUT2D eigenvalue weighted by Crippen LogP contribution is -2.38. The number of pyridine rings is 1. The molecular weight excluding hydrogens is 474 g/mol. The van der Waals surface area contributed by atoms with E-state index in [0.717, 1.165) is 44.9 Å². The molecule has 7 nitrogen and oxygen atoms in total. The standard InChI is InChI=1S/C28H35N3O4S/c1-20(14-15-21-10-6-4-7-11-21)29-28(33)25-19-30(2)26-17-16-23(18-24(26)27(25)32)36(34,35)31(3)22-12-8-5-9-13-22/h4,6-7,10-11,16-20,22H,5,8-9,12-15H2,1-3H3,(H,29,33). The van der Waals surface area contributed by atoms with E-state index < -0.39 is 21.4 Å². The van der Waals surface area contributed by atoms with Crippen molar-refractivity contribution in [3.8, 4) is 0 Å². The van der Waals surface area contributed by atoms with Crippen molar-refractivity contribution in [3.63, 3.8) is 0 Å². The molecule has 1 aliphatic carbocycles. The number of nitrogens with zero attached hydrogens (tertiary/aromatic N) is 2. The van der Waals surface area contributed by atoms with Gasteiger partial charge in [-0.05, 0) is 56.4 Å². The number of aromatic nitrogens is 1. The van der Waals surface area contributed by atoms with E-state index in [9.17, 15) is 18.0 Å². The van der Waals surface area contributed by atoms with Crippen LogP contribution in [0.5, 0.6) is 0 Å². The van der Waals surface area contributed by atoms with Crippen LogP contribution < -0.4 is 10.7 Å². The Morgan fingerprint density at radius 3 is 2.50 bits per heavy atom. The van der Waals surface area contributed by atoms with Gasteiger partial charge in [0.05, 0.1) is 10.4 Å². The van der Waals surface area contributed by atoms with Gasteiger partial charge in [0.25, 0.3) is 5.91 Å². The number of sulfonamides is 1. The Labute approximate surface area is 213 Å². The third-order valence-corrected chi connectivity index (χ3v) is 9.16. The summed E-state index contributed by atoms with van der Waals surface area (Å²) in [5.74, 6) is -0.453. The van der Waals surface area contributed by atoms with Crippen LogP contribution in [0.1, 0.15) is 61.4 Å². The fraction of sp³-hybridized carbons (Fsp3) is 0.429. The Balaban J connectivity index is 1.58. The third-order valence-electron chi connectivity index (χ3n) is 7.26. The van der Waals surface area contributed by atoms with Crippen molar-refractivity contribution in [2.24, 2.45) is 7.05 Å². The van der Waals surface area contributed by atoms with Crippen molar-refractivity contribution in [3.05, 3.63) is 76.1 Å². The van der Waals surface area contributed by atoms with Crippen molar-refractivity contribution in [1.82, 2.24) is 14.2 Å². The van der Waals surface area contributed by atoms with Gasteiger partial charge in [-0.15, -0.1) is 0 Å². The predicted octanol–water partition coefficient (Wildman–Crippen LogP) is 4.24. The summed E-state index contributed by atoms with van der Waals surface area (Å²) in [6, 6.07) is 14.5. The second kappa shape index (κ2) is 11.0. The number of fused-ring (bicyclic) bond motifs is 1. The Kier molecular flexibility index (Phi) is 7.95. The summed E-state index contributed by atoms with van der Waals surface area (Å²) >= 11 is 0. The van der Waals surface area contributed by atoms with E-state index in [2.05, 4.69) is 5.32 Å². The number of aryl methyl sites for hydroxylation is 2. The summed E-state index contributed by atoms with van der Waals surface area (Å²) in [6.45, 7) is 1.91. The van der Waals surface area contributed by atoms with E-state index in [0.29, 0.717) is 5.52 Å². The van der Waals surface area contributed by atoms with E-state index in [1.165, 1.54) is 22.1 Å². The summed E-state index contributed by atoms with van der Waals surface area (Å²) in [4.78, 5) is 26.5. The van der Waals surface area contributed by atoms with Gasteiger partial charge in [0, 0.05) is 37.8 Å². The van der Waals surface area contributed by atoms with Crippen molar-refractivity contribution >= 4 is 26.8 Å². The number of carbonyl (C=O) groups excluding carboxylic acids is 1. The lowest BCUT2D eigenvalue weighted by atomic mass is 9.96. The van der Waals surface area contributed by atoms with Crippen LogP contribution >= 0.6 is 0 Å². The number of benzene rings is 2. The van der Waals surface area contributed by atoms with E-state index in [4.69, 9.17) is 0 Å². The molecule has 3 aromatic rings. The Bertz CT molecular complexity index is 1390. The van der Waals surface area contributed by atoms with Crippen LogP contribution in [-0.4, -0.2) is 42.3 Å². The summed E-state index contributed by atoms with van der Waals surface area (Å²) < 4.78 is 29.9. The van der Waals surface area contributed by atoms with Crippen LogP contribution in [0.4, 0.5) is 0 Å². The lowest BCUT2D eigenvalue weighted by molar-refractivity contribution is 0.0937. The van der Waals surface area contributed by atoms with Gasteiger partial charge < -0.3 is 9.88 Å². The molecule has 1 heterocycles. The molecule has 0 spiro atoms. The molecule has 0 bridgehead atoms. The number of amides is 1. The Morgan fingerprint density at radius 2 is 1.81 bits per heavy atom. The van der Waals surface area contributed by atoms with Crippen LogP contribution in [0.25, 0.3) is 10.9 Å². The monoisotopic (exact) mass is 509 g/mol. The number of hydrogen-bond donors (Lipinski definition) is 1. The molecule has 36 heavy (non-hydrogen) atoms. The molecule has 0 aliphatic heterocycles. The second-order valence-corrected chi connectivity index (χ2v) is 11.9. The highest BCUT2D eigenvalue weighted by molar-refractivity contribution is 7.89. The van der Waals surface area contributed by atoms with Crippen LogP contribution in [0.15, 0.2) is 64.4 Å². The van der Waals surface area contributed by atoms with E-state index >= 15 is 0 Å².